The smallest absolute Gasteiger partial charge is 0.416 e. The summed E-state index contributed by atoms with van der Waals surface area (Å²) in [6, 6.07) is 12.8. The molecule has 5 rings (SSSR count). The Morgan fingerprint density at radius 2 is 1.92 bits per heavy atom. The van der Waals surface area contributed by atoms with Gasteiger partial charge in [-0.3, -0.25) is 14.6 Å². The molecule has 0 spiro atoms. The normalized spacial score (nSPS) is 12.2. The Labute approximate surface area is 224 Å². The van der Waals surface area contributed by atoms with Crippen molar-refractivity contribution in [3.05, 3.63) is 97.5 Å². The third kappa shape index (κ3) is 5.58. The molecule has 192 valence electrons. The number of anilines is 1. The minimum atomic E-state index is -4.53. The maximum atomic E-state index is 13.0. The van der Waals surface area contributed by atoms with Gasteiger partial charge in [-0.25, -0.2) is 0 Å². The summed E-state index contributed by atoms with van der Waals surface area (Å²) in [6.07, 6.45) is 0.284. The molecule has 8 nitrogen and oxygen atoms in total. The SMILES string of the molecule is O=C(COc1ccc(Br)cc1/C=c1\sc2nc(-c3ccncc3)nn2c1=O)Nc1cccc(C(F)(F)F)c1. The average Bonchev–Trinajstić information content (AvgIpc) is 3.43. The molecule has 0 aliphatic carbocycles. The van der Waals surface area contributed by atoms with Crippen LogP contribution in [0.15, 0.2) is 76.3 Å². The van der Waals surface area contributed by atoms with E-state index < -0.39 is 24.3 Å². The zero-order valence-electron chi connectivity index (χ0n) is 19.1. The maximum Gasteiger partial charge on any atom is 0.416 e. The molecule has 0 atom stereocenters. The lowest BCUT2D eigenvalue weighted by molar-refractivity contribution is -0.137. The van der Waals surface area contributed by atoms with E-state index in [0.29, 0.717) is 31.1 Å². The number of nitrogens with zero attached hydrogens (tertiary/aromatic N) is 4. The number of fused-ring (bicyclic) bond motifs is 1. The van der Waals surface area contributed by atoms with Crippen LogP contribution >= 0.6 is 27.3 Å². The number of ether oxygens (including phenoxy) is 1. The highest BCUT2D eigenvalue weighted by atomic mass is 79.9. The van der Waals surface area contributed by atoms with Gasteiger partial charge in [-0.05, 0) is 54.6 Å². The molecule has 0 fully saturated rings. The van der Waals surface area contributed by atoms with Crippen LogP contribution in [-0.4, -0.2) is 32.1 Å². The van der Waals surface area contributed by atoms with Crippen molar-refractivity contribution in [1.29, 1.82) is 0 Å². The highest BCUT2D eigenvalue weighted by Crippen LogP contribution is 2.30. The summed E-state index contributed by atoms with van der Waals surface area (Å²) in [5.74, 6) is 0.0500. The summed E-state index contributed by atoms with van der Waals surface area (Å²) in [5.41, 5.74) is -0.0215. The molecule has 3 heterocycles. The van der Waals surface area contributed by atoms with E-state index in [4.69, 9.17) is 4.74 Å². The number of hydrogen-bond acceptors (Lipinski definition) is 7. The van der Waals surface area contributed by atoms with Gasteiger partial charge < -0.3 is 10.1 Å². The second-order valence-corrected chi connectivity index (χ2v) is 9.80. The van der Waals surface area contributed by atoms with Gasteiger partial charge in [-0.1, -0.05) is 33.3 Å². The predicted molar refractivity (Wildman–Crippen MR) is 139 cm³/mol. The van der Waals surface area contributed by atoms with Crippen molar-refractivity contribution < 1.29 is 22.7 Å². The van der Waals surface area contributed by atoms with Gasteiger partial charge in [0.15, 0.2) is 12.4 Å². The first-order valence-corrected chi connectivity index (χ1v) is 12.5. The molecule has 0 aliphatic heterocycles. The Morgan fingerprint density at radius 1 is 1.13 bits per heavy atom. The van der Waals surface area contributed by atoms with Crippen molar-refractivity contribution in [2.24, 2.45) is 0 Å². The number of halogens is 4. The van der Waals surface area contributed by atoms with E-state index in [-0.39, 0.29) is 11.2 Å². The minimum absolute atomic E-state index is 0.00687. The fourth-order valence-electron chi connectivity index (χ4n) is 3.48. The summed E-state index contributed by atoms with van der Waals surface area (Å²) < 4.78 is 46.7. The number of thiazole rings is 1. The van der Waals surface area contributed by atoms with Crippen molar-refractivity contribution in [2.45, 2.75) is 6.18 Å². The molecule has 13 heteroatoms. The number of hydrogen-bond donors (Lipinski definition) is 1. The third-order valence-electron chi connectivity index (χ3n) is 5.21. The first-order chi connectivity index (χ1) is 18.2. The molecule has 0 radical (unpaired) electrons. The van der Waals surface area contributed by atoms with Gasteiger partial charge in [-0.15, -0.1) is 5.10 Å². The molecule has 5 aromatic rings. The van der Waals surface area contributed by atoms with Crippen LogP contribution in [0.25, 0.3) is 22.4 Å². The number of carbonyl (C=O) groups is 1. The van der Waals surface area contributed by atoms with E-state index in [2.05, 4.69) is 36.3 Å². The zero-order chi connectivity index (χ0) is 26.9. The molecule has 0 unspecified atom stereocenters. The lowest BCUT2D eigenvalue weighted by atomic mass is 10.2. The van der Waals surface area contributed by atoms with Crippen molar-refractivity contribution in [3.63, 3.8) is 0 Å². The molecule has 0 aliphatic rings. The number of carbonyl (C=O) groups excluding carboxylic acids is 1. The Hall–Kier alpha value is -4.10. The summed E-state index contributed by atoms with van der Waals surface area (Å²) in [6.45, 7) is -0.465. The van der Waals surface area contributed by atoms with Gasteiger partial charge in [0.05, 0.1) is 10.1 Å². The highest BCUT2D eigenvalue weighted by Gasteiger charge is 2.30. The molecule has 2 aromatic carbocycles. The number of aromatic nitrogens is 4. The van der Waals surface area contributed by atoms with Crippen LogP contribution in [0.5, 0.6) is 5.75 Å². The molecule has 3 aromatic heterocycles. The second kappa shape index (κ2) is 10.3. The van der Waals surface area contributed by atoms with Crippen molar-refractivity contribution in [3.8, 4) is 17.1 Å². The minimum Gasteiger partial charge on any atom is -0.483 e. The Kier molecular flexibility index (Phi) is 6.95. The number of rotatable bonds is 6. The second-order valence-electron chi connectivity index (χ2n) is 7.88. The topological polar surface area (TPSA) is 98.5 Å². The first kappa shape index (κ1) is 25.5. The summed E-state index contributed by atoms with van der Waals surface area (Å²) in [5, 5.41) is 6.69. The largest absolute Gasteiger partial charge is 0.483 e. The van der Waals surface area contributed by atoms with E-state index >= 15 is 0 Å². The van der Waals surface area contributed by atoms with Crippen LogP contribution in [0.1, 0.15) is 11.1 Å². The highest BCUT2D eigenvalue weighted by molar-refractivity contribution is 9.10. The molecule has 38 heavy (non-hydrogen) atoms. The standard InChI is InChI=1S/C25H15BrF3N5O3S/c26-17-4-5-19(37-13-21(35)31-18-3-1-2-16(12-18)25(27,28)29)15(10-17)11-20-23(36)34-24(38-20)32-22(33-34)14-6-8-30-9-7-14/h1-12H,13H2,(H,31,35)/b20-11-. The maximum absolute atomic E-state index is 13.0. The van der Waals surface area contributed by atoms with Gasteiger partial charge in [0, 0.05) is 33.7 Å². The summed E-state index contributed by atoms with van der Waals surface area (Å²) in [4.78, 5) is 34.1. The summed E-state index contributed by atoms with van der Waals surface area (Å²) in [7, 11) is 0. The fraction of sp³-hybridized carbons (Fsp3) is 0.0800. The quantitative estimate of drug-likeness (QED) is 0.306. The number of nitrogens with one attached hydrogen (secondary N) is 1. The van der Waals surface area contributed by atoms with Crippen molar-refractivity contribution >= 4 is 49.9 Å². The number of benzene rings is 2. The van der Waals surface area contributed by atoms with Crippen LogP contribution < -0.4 is 20.1 Å². The fourth-order valence-corrected chi connectivity index (χ4v) is 4.75. The number of alkyl halides is 3. The molecule has 0 saturated carbocycles. The first-order valence-electron chi connectivity index (χ1n) is 10.9. The Balaban J connectivity index is 1.36. The van der Waals surface area contributed by atoms with E-state index in [1.54, 1.807) is 48.8 Å². The van der Waals surface area contributed by atoms with Crippen molar-refractivity contribution in [2.75, 3.05) is 11.9 Å². The van der Waals surface area contributed by atoms with Crippen LogP contribution in [0.3, 0.4) is 0 Å². The monoisotopic (exact) mass is 601 g/mol. The zero-order valence-corrected chi connectivity index (χ0v) is 21.5. The van der Waals surface area contributed by atoms with E-state index in [1.807, 2.05) is 0 Å². The van der Waals surface area contributed by atoms with Gasteiger partial charge >= 0.3 is 6.18 Å². The predicted octanol–water partition coefficient (Wildman–Crippen LogP) is 4.56. The Morgan fingerprint density at radius 3 is 2.66 bits per heavy atom. The van der Waals surface area contributed by atoms with E-state index in [9.17, 15) is 22.8 Å². The van der Waals surface area contributed by atoms with Crippen LogP contribution in [0.2, 0.25) is 0 Å². The van der Waals surface area contributed by atoms with E-state index in [0.717, 1.165) is 29.0 Å². The van der Waals surface area contributed by atoms with Crippen molar-refractivity contribution in [1.82, 2.24) is 19.6 Å². The number of pyridine rings is 1. The number of amides is 1. The molecule has 0 saturated heterocycles. The van der Waals surface area contributed by atoms with Crippen LogP contribution in [0, 0.1) is 0 Å². The lowest BCUT2D eigenvalue weighted by Gasteiger charge is -2.12. The molecular weight excluding hydrogens is 587 g/mol. The van der Waals surface area contributed by atoms with Gasteiger partial charge in [0.25, 0.3) is 11.5 Å². The molecule has 1 N–H and O–H groups in total. The molecule has 1 amide bonds. The van der Waals surface area contributed by atoms with Gasteiger partial charge in [0.1, 0.15) is 5.75 Å². The van der Waals surface area contributed by atoms with Gasteiger partial charge in [0.2, 0.25) is 4.96 Å². The average molecular weight is 602 g/mol. The summed E-state index contributed by atoms with van der Waals surface area (Å²) >= 11 is 4.52. The Bertz CT molecular complexity index is 1760. The lowest BCUT2D eigenvalue weighted by Crippen LogP contribution is -2.24. The van der Waals surface area contributed by atoms with Crippen LogP contribution in [0.4, 0.5) is 18.9 Å². The molecular formula is C25H15BrF3N5O3S. The van der Waals surface area contributed by atoms with Crippen LogP contribution in [-0.2, 0) is 11.0 Å². The third-order valence-corrected chi connectivity index (χ3v) is 6.66. The van der Waals surface area contributed by atoms with Gasteiger partial charge in [-0.2, -0.15) is 22.7 Å². The molecule has 0 bridgehead atoms. The van der Waals surface area contributed by atoms with E-state index in [1.165, 1.54) is 16.6 Å².